The van der Waals surface area contributed by atoms with Crippen molar-refractivity contribution in [1.82, 2.24) is 10.2 Å². The molecule has 0 atom stereocenters. The van der Waals surface area contributed by atoms with Gasteiger partial charge >= 0.3 is 0 Å². The Hall–Kier alpha value is -1.46. The molecule has 5 heteroatoms. The van der Waals surface area contributed by atoms with Crippen molar-refractivity contribution in [3.05, 3.63) is 39.9 Å². The molecule has 1 heterocycles. The van der Waals surface area contributed by atoms with Gasteiger partial charge in [0, 0.05) is 30.8 Å². The molecule has 1 aromatic carbocycles. The van der Waals surface area contributed by atoms with Crippen molar-refractivity contribution in [3.8, 4) is 0 Å². The van der Waals surface area contributed by atoms with E-state index in [9.17, 15) is 10.1 Å². The van der Waals surface area contributed by atoms with Gasteiger partial charge in [0.2, 0.25) is 0 Å². The molecular weight excluding hydrogens is 254 g/mol. The number of nitro groups is 1. The average Bonchev–Trinajstić information content (AvgIpc) is 3.31. The van der Waals surface area contributed by atoms with Crippen LogP contribution in [0.1, 0.15) is 31.2 Å². The number of nitrogens with one attached hydrogen (secondary N) is 1. The van der Waals surface area contributed by atoms with E-state index in [1.165, 1.54) is 44.8 Å². The van der Waals surface area contributed by atoms with Crippen LogP contribution in [0, 0.1) is 10.1 Å². The Morgan fingerprint density at radius 3 is 2.65 bits per heavy atom. The van der Waals surface area contributed by atoms with Gasteiger partial charge < -0.3 is 10.2 Å². The van der Waals surface area contributed by atoms with Gasteiger partial charge in [-0.3, -0.25) is 10.1 Å². The molecule has 1 saturated carbocycles. The predicted octanol–water partition coefficient (Wildman–Crippen LogP) is 2.31. The first-order valence-corrected chi connectivity index (χ1v) is 7.43. The Bertz CT molecular complexity index is 480. The van der Waals surface area contributed by atoms with Crippen LogP contribution in [-0.4, -0.2) is 35.0 Å². The second-order valence-corrected chi connectivity index (χ2v) is 5.85. The number of non-ortho nitro benzene ring substituents is 1. The van der Waals surface area contributed by atoms with Crippen LogP contribution in [0.25, 0.3) is 0 Å². The van der Waals surface area contributed by atoms with Crippen molar-refractivity contribution in [2.75, 3.05) is 13.1 Å². The third-order valence-electron chi connectivity index (χ3n) is 4.31. The zero-order chi connectivity index (χ0) is 13.9. The molecular formula is C15H21N3O2. The Balaban J connectivity index is 1.47. The van der Waals surface area contributed by atoms with Gasteiger partial charge in [0.15, 0.2) is 0 Å². The van der Waals surface area contributed by atoms with E-state index in [-0.39, 0.29) is 10.6 Å². The summed E-state index contributed by atoms with van der Waals surface area (Å²) in [6, 6.07) is 8.31. The number of nitrogens with zero attached hydrogens (tertiary/aromatic N) is 2. The van der Waals surface area contributed by atoms with Crippen LogP contribution in [-0.2, 0) is 6.54 Å². The van der Waals surface area contributed by atoms with E-state index in [2.05, 4.69) is 10.2 Å². The monoisotopic (exact) mass is 275 g/mol. The van der Waals surface area contributed by atoms with Crippen molar-refractivity contribution in [1.29, 1.82) is 0 Å². The van der Waals surface area contributed by atoms with Crippen molar-refractivity contribution < 1.29 is 4.92 Å². The van der Waals surface area contributed by atoms with Crippen LogP contribution < -0.4 is 5.32 Å². The first-order valence-electron chi connectivity index (χ1n) is 7.43. The lowest BCUT2D eigenvalue weighted by atomic mass is 10.0. The van der Waals surface area contributed by atoms with Gasteiger partial charge in [-0.15, -0.1) is 0 Å². The van der Waals surface area contributed by atoms with E-state index in [0.29, 0.717) is 6.04 Å². The number of rotatable bonds is 5. The number of nitro benzene ring substituents is 1. The summed E-state index contributed by atoms with van der Waals surface area (Å²) in [4.78, 5) is 13.0. The summed E-state index contributed by atoms with van der Waals surface area (Å²) in [5.41, 5.74) is 1.16. The Kier molecular flexibility index (Phi) is 3.98. The van der Waals surface area contributed by atoms with Gasteiger partial charge in [-0.25, -0.2) is 0 Å². The molecule has 2 aliphatic rings. The second kappa shape index (κ2) is 5.89. The fourth-order valence-electron chi connectivity index (χ4n) is 2.95. The highest BCUT2D eigenvalue weighted by Crippen LogP contribution is 2.29. The minimum Gasteiger partial charge on any atom is -0.310 e. The SMILES string of the molecule is O=[N+]([O-])c1cccc(CNC2CCN(C3CC3)CC2)c1. The summed E-state index contributed by atoms with van der Waals surface area (Å²) in [6.45, 7) is 3.10. The third-order valence-corrected chi connectivity index (χ3v) is 4.31. The summed E-state index contributed by atoms with van der Waals surface area (Å²) in [7, 11) is 0. The molecule has 3 rings (SSSR count). The van der Waals surface area contributed by atoms with E-state index in [1.807, 2.05) is 6.07 Å². The maximum absolute atomic E-state index is 10.7. The number of benzene rings is 1. The molecule has 1 aliphatic carbocycles. The van der Waals surface area contributed by atoms with Crippen LogP contribution in [0.4, 0.5) is 5.69 Å². The predicted molar refractivity (Wildman–Crippen MR) is 77.6 cm³/mol. The molecule has 0 unspecified atom stereocenters. The van der Waals surface area contributed by atoms with E-state index >= 15 is 0 Å². The molecule has 0 amide bonds. The van der Waals surface area contributed by atoms with Crippen LogP contribution >= 0.6 is 0 Å². The van der Waals surface area contributed by atoms with Crippen LogP contribution in [0.2, 0.25) is 0 Å². The minimum atomic E-state index is -0.336. The molecule has 1 N–H and O–H groups in total. The lowest BCUT2D eigenvalue weighted by Gasteiger charge is -2.32. The lowest BCUT2D eigenvalue weighted by molar-refractivity contribution is -0.384. The lowest BCUT2D eigenvalue weighted by Crippen LogP contribution is -2.43. The zero-order valence-electron chi connectivity index (χ0n) is 11.6. The molecule has 20 heavy (non-hydrogen) atoms. The average molecular weight is 275 g/mol. The minimum absolute atomic E-state index is 0.174. The maximum atomic E-state index is 10.7. The van der Waals surface area contributed by atoms with Gasteiger partial charge in [-0.2, -0.15) is 0 Å². The van der Waals surface area contributed by atoms with E-state index in [1.54, 1.807) is 12.1 Å². The normalized spacial score (nSPS) is 21.0. The number of hydrogen-bond acceptors (Lipinski definition) is 4. The second-order valence-electron chi connectivity index (χ2n) is 5.85. The zero-order valence-corrected chi connectivity index (χ0v) is 11.6. The topological polar surface area (TPSA) is 58.4 Å². The van der Waals surface area contributed by atoms with Gasteiger partial charge in [0.25, 0.3) is 5.69 Å². The summed E-state index contributed by atoms with van der Waals surface area (Å²) in [6.07, 6.45) is 5.13. The van der Waals surface area contributed by atoms with E-state index in [0.717, 1.165) is 18.2 Å². The highest BCUT2D eigenvalue weighted by molar-refractivity contribution is 5.34. The largest absolute Gasteiger partial charge is 0.310 e. The quantitative estimate of drug-likeness (QED) is 0.662. The van der Waals surface area contributed by atoms with Crippen molar-refractivity contribution in [2.45, 2.75) is 44.3 Å². The standard InChI is InChI=1S/C15H21N3O2/c19-18(20)15-3-1-2-12(10-15)11-16-13-6-8-17(9-7-13)14-4-5-14/h1-3,10,13-14,16H,4-9,11H2. The molecule has 0 bridgehead atoms. The molecule has 1 saturated heterocycles. The number of piperidine rings is 1. The highest BCUT2D eigenvalue weighted by Gasteiger charge is 2.31. The molecule has 5 nitrogen and oxygen atoms in total. The van der Waals surface area contributed by atoms with Crippen molar-refractivity contribution in [2.24, 2.45) is 0 Å². The number of hydrogen-bond donors (Lipinski definition) is 1. The molecule has 2 fully saturated rings. The third kappa shape index (κ3) is 3.35. The Morgan fingerprint density at radius 1 is 1.25 bits per heavy atom. The smallest absolute Gasteiger partial charge is 0.269 e. The first kappa shape index (κ1) is 13.5. The van der Waals surface area contributed by atoms with Gasteiger partial charge in [-0.1, -0.05) is 12.1 Å². The molecule has 1 aliphatic heterocycles. The summed E-state index contributed by atoms with van der Waals surface area (Å²) in [5.74, 6) is 0. The fraction of sp³-hybridized carbons (Fsp3) is 0.600. The first-order chi connectivity index (χ1) is 9.72. The molecule has 1 aromatic rings. The van der Waals surface area contributed by atoms with Gasteiger partial charge in [0.1, 0.15) is 0 Å². The van der Waals surface area contributed by atoms with Crippen LogP contribution in [0.5, 0.6) is 0 Å². The van der Waals surface area contributed by atoms with E-state index in [4.69, 9.17) is 0 Å². The summed E-state index contributed by atoms with van der Waals surface area (Å²) < 4.78 is 0. The van der Waals surface area contributed by atoms with Crippen molar-refractivity contribution in [3.63, 3.8) is 0 Å². The van der Waals surface area contributed by atoms with Gasteiger partial charge in [0.05, 0.1) is 4.92 Å². The van der Waals surface area contributed by atoms with Crippen LogP contribution in [0.15, 0.2) is 24.3 Å². The molecule has 0 aromatic heterocycles. The van der Waals surface area contributed by atoms with E-state index < -0.39 is 0 Å². The molecule has 108 valence electrons. The van der Waals surface area contributed by atoms with Gasteiger partial charge in [-0.05, 0) is 44.3 Å². The fourth-order valence-corrected chi connectivity index (χ4v) is 2.95. The molecule has 0 spiro atoms. The highest BCUT2D eigenvalue weighted by atomic mass is 16.6. The van der Waals surface area contributed by atoms with Crippen molar-refractivity contribution >= 4 is 5.69 Å². The van der Waals surface area contributed by atoms with Crippen LogP contribution in [0.3, 0.4) is 0 Å². The maximum Gasteiger partial charge on any atom is 0.269 e. The molecule has 0 radical (unpaired) electrons. The Morgan fingerprint density at radius 2 is 2.00 bits per heavy atom. The summed E-state index contributed by atoms with van der Waals surface area (Å²) in [5, 5.41) is 14.3. The Labute approximate surface area is 119 Å². The number of likely N-dealkylation sites (tertiary alicyclic amines) is 1. The summed E-state index contributed by atoms with van der Waals surface area (Å²) >= 11 is 0.